The molecular formula is C17H11F3N2. The second-order valence-corrected chi connectivity index (χ2v) is 5.38. The van der Waals surface area contributed by atoms with E-state index in [9.17, 15) is 13.2 Å². The van der Waals surface area contributed by atoms with Crippen molar-refractivity contribution in [2.24, 2.45) is 0 Å². The first-order valence-corrected chi connectivity index (χ1v) is 6.71. The van der Waals surface area contributed by atoms with Crippen LogP contribution in [-0.4, -0.2) is 0 Å². The Labute approximate surface area is 123 Å². The van der Waals surface area contributed by atoms with E-state index in [0.29, 0.717) is 10.8 Å². The molecule has 22 heavy (non-hydrogen) atoms. The average molecular weight is 300 g/mol. The third-order valence-corrected chi connectivity index (χ3v) is 4.18. The van der Waals surface area contributed by atoms with Gasteiger partial charge in [0.05, 0.1) is 16.9 Å². The first-order valence-electron chi connectivity index (χ1n) is 6.71. The molecule has 0 aromatic heterocycles. The van der Waals surface area contributed by atoms with Crippen molar-refractivity contribution in [3.8, 4) is 0 Å². The molecule has 0 bridgehead atoms. The van der Waals surface area contributed by atoms with Gasteiger partial charge in [0.25, 0.3) is 0 Å². The molecule has 4 aromatic carbocycles. The number of hydrogen-bond donors (Lipinski definition) is 2. The summed E-state index contributed by atoms with van der Waals surface area (Å²) in [5, 5.41) is 3.73. The zero-order valence-electron chi connectivity index (χ0n) is 11.3. The summed E-state index contributed by atoms with van der Waals surface area (Å²) >= 11 is 0. The zero-order chi connectivity index (χ0) is 15.6. The van der Waals surface area contributed by atoms with E-state index >= 15 is 0 Å². The first-order chi connectivity index (χ1) is 10.4. The summed E-state index contributed by atoms with van der Waals surface area (Å²) in [7, 11) is 0. The smallest absolute Gasteiger partial charge is 0.397 e. The van der Waals surface area contributed by atoms with Crippen LogP contribution in [0.5, 0.6) is 0 Å². The molecule has 0 fully saturated rings. The lowest BCUT2D eigenvalue weighted by molar-refractivity contribution is -0.135. The molecule has 2 nitrogen and oxygen atoms in total. The highest BCUT2D eigenvalue weighted by Crippen LogP contribution is 2.47. The number of halogens is 3. The third-order valence-electron chi connectivity index (χ3n) is 4.18. The molecule has 110 valence electrons. The molecule has 0 spiro atoms. The van der Waals surface area contributed by atoms with Gasteiger partial charge in [-0.1, -0.05) is 42.5 Å². The molecule has 4 rings (SSSR count). The van der Waals surface area contributed by atoms with E-state index in [1.807, 2.05) is 24.3 Å². The van der Waals surface area contributed by atoms with Crippen molar-refractivity contribution in [2.75, 3.05) is 11.5 Å². The zero-order valence-corrected chi connectivity index (χ0v) is 11.3. The van der Waals surface area contributed by atoms with E-state index in [4.69, 9.17) is 11.5 Å². The van der Waals surface area contributed by atoms with Gasteiger partial charge in [-0.2, -0.15) is 13.2 Å². The van der Waals surface area contributed by atoms with Gasteiger partial charge in [0.15, 0.2) is 0 Å². The fourth-order valence-corrected chi connectivity index (χ4v) is 3.25. The van der Waals surface area contributed by atoms with Crippen LogP contribution >= 0.6 is 0 Å². The monoisotopic (exact) mass is 300 g/mol. The minimum Gasteiger partial charge on any atom is -0.397 e. The summed E-state index contributed by atoms with van der Waals surface area (Å²) in [6.07, 6.45) is -4.56. The number of alkyl halides is 3. The molecule has 5 heteroatoms. The summed E-state index contributed by atoms with van der Waals surface area (Å²) in [4.78, 5) is 0. The van der Waals surface area contributed by atoms with Crippen molar-refractivity contribution in [2.45, 2.75) is 6.18 Å². The normalized spacial score (nSPS) is 12.7. The Morgan fingerprint density at radius 1 is 0.682 bits per heavy atom. The molecule has 0 atom stereocenters. The summed E-state index contributed by atoms with van der Waals surface area (Å²) in [5.41, 5.74) is 10.3. The van der Waals surface area contributed by atoms with Crippen LogP contribution in [0.4, 0.5) is 24.5 Å². The van der Waals surface area contributed by atoms with Gasteiger partial charge in [-0.25, -0.2) is 0 Å². The quantitative estimate of drug-likeness (QED) is 0.363. The van der Waals surface area contributed by atoms with E-state index in [1.54, 1.807) is 12.1 Å². The highest BCUT2D eigenvalue weighted by molar-refractivity contribution is 6.27. The van der Waals surface area contributed by atoms with Crippen LogP contribution in [0, 0.1) is 0 Å². The lowest BCUT2D eigenvalue weighted by Crippen LogP contribution is -2.12. The Bertz CT molecular complexity index is 1020. The van der Waals surface area contributed by atoms with Crippen LogP contribution in [0.3, 0.4) is 0 Å². The summed E-state index contributed by atoms with van der Waals surface area (Å²) in [5.74, 6) is 0. The highest BCUT2D eigenvalue weighted by atomic mass is 19.4. The Morgan fingerprint density at radius 3 is 1.86 bits per heavy atom. The topological polar surface area (TPSA) is 52.0 Å². The first kappa shape index (κ1) is 13.0. The predicted molar refractivity (Wildman–Crippen MR) is 84.0 cm³/mol. The molecular weight excluding hydrogens is 289 g/mol. The second kappa shape index (κ2) is 3.94. The number of nitrogen functional groups attached to an aromatic ring is 2. The maximum atomic E-state index is 13.5. The van der Waals surface area contributed by atoms with Gasteiger partial charge in [-0.05, 0) is 21.5 Å². The molecule has 0 amide bonds. The molecule has 0 aliphatic carbocycles. The minimum atomic E-state index is -4.56. The van der Waals surface area contributed by atoms with Gasteiger partial charge in [-0.15, -0.1) is 0 Å². The second-order valence-electron chi connectivity index (χ2n) is 5.38. The van der Waals surface area contributed by atoms with Crippen molar-refractivity contribution in [3.05, 3.63) is 48.0 Å². The van der Waals surface area contributed by atoms with Crippen LogP contribution in [0.15, 0.2) is 42.5 Å². The Morgan fingerprint density at radius 2 is 1.27 bits per heavy atom. The van der Waals surface area contributed by atoms with Crippen molar-refractivity contribution in [1.82, 2.24) is 0 Å². The average Bonchev–Trinajstić information content (AvgIpc) is 2.47. The number of benzene rings is 4. The van der Waals surface area contributed by atoms with E-state index in [0.717, 1.165) is 16.2 Å². The number of rotatable bonds is 0. The Kier molecular flexibility index (Phi) is 2.33. The standard InChI is InChI=1S/C17H11F3N2/c18-17(19,20)14-10-6-4-8-2-1-3-9-5-7-11(13(10)12(8)9)15(21)16(14)22/h1-7H,21-22H2. The Hall–Kier alpha value is -2.69. The number of anilines is 2. The summed E-state index contributed by atoms with van der Waals surface area (Å²) in [6.45, 7) is 0. The molecule has 0 heterocycles. The highest BCUT2D eigenvalue weighted by Gasteiger charge is 2.37. The fraction of sp³-hybridized carbons (Fsp3) is 0.0588. The molecule has 0 radical (unpaired) electrons. The van der Waals surface area contributed by atoms with Gasteiger partial charge < -0.3 is 11.5 Å². The lowest BCUT2D eigenvalue weighted by atomic mass is 9.90. The summed E-state index contributed by atoms with van der Waals surface area (Å²) < 4.78 is 40.4. The lowest BCUT2D eigenvalue weighted by Gasteiger charge is -2.19. The molecule has 0 aliphatic rings. The van der Waals surface area contributed by atoms with Crippen molar-refractivity contribution in [1.29, 1.82) is 0 Å². The van der Waals surface area contributed by atoms with Crippen molar-refractivity contribution in [3.63, 3.8) is 0 Å². The maximum Gasteiger partial charge on any atom is 0.419 e. The Balaban J connectivity index is 2.39. The van der Waals surface area contributed by atoms with E-state index in [1.165, 1.54) is 6.07 Å². The maximum absolute atomic E-state index is 13.5. The summed E-state index contributed by atoms with van der Waals surface area (Å²) in [6, 6.07) is 12.4. The van der Waals surface area contributed by atoms with Crippen LogP contribution in [-0.2, 0) is 6.18 Å². The fourth-order valence-electron chi connectivity index (χ4n) is 3.25. The molecule has 0 aliphatic heterocycles. The van der Waals surface area contributed by atoms with Gasteiger partial charge in [0.1, 0.15) is 0 Å². The third kappa shape index (κ3) is 1.51. The van der Waals surface area contributed by atoms with Crippen LogP contribution in [0.2, 0.25) is 0 Å². The largest absolute Gasteiger partial charge is 0.419 e. The number of nitrogens with two attached hydrogens (primary N) is 2. The van der Waals surface area contributed by atoms with Gasteiger partial charge >= 0.3 is 6.18 Å². The van der Waals surface area contributed by atoms with Crippen molar-refractivity contribution < 1.29 is 13.2 Å². The van der Waals surface area contributed by atoms with Gasteiger partial charge in [-0.3, -0.25) is 0 Å². The van der Waals surface area contributed by atoms with E-state index < -0.39 is 17.4 Å². The predicted octanol–water partition coefficient (Wildman–Crippen LogP) is 4.77. The van der Waals surface area contributed by atoms with Crippen LogP contribution in [0.1, 0.15) is 5.56 Å². The van der Waals surface area contributed by atoms with Gasteiger partial charge in [0, 0.05) is 10.8 Å². The molecule has 0 saturated carbocycles. The molecule has 0 saturated heterocycles. The van der Waals surface area contributed by atoms with E-state index in [2.05, 4.69) is 0 Å². The number of hydrogen-bond acceptors (Lipinski definition) is 2. The van der Waals surface area contributed by atoms with Gasteiger partial charge in [0.2, 0.25) is 0 Å². The SMILES string of the molecule is Nc1c(N)c2ccc3cccc4ccc(c1C(F)(F)F)c2c34. The van der Waals surface area contributed by atoms with E-state index in [-0.39, 0.29) is 11.1 Å². The van der Waals surface area contributed by atoms with Crippen molar-refractivity contribution >= 4 is 43.7 Å². The molecule has 4 aromatic rings. The van der Waals surface area contributed by atoms with Crippen LogP contribution < -0.4 is 11.5 Å². The molecule has 4 N–H and O–H groups in total. The minimum absolute atomic E-state index is 0.0157. The van der Waals surface area contributed by atoms with Crippen LogP contribution in [0.25, 0.3) is 32.3 Å². The molecule has 0 unspecified atom stereocenters.